The lowest BCUT2D eigenvalue weighted by molar-refractivity contribution is -0.134. The monoisotopic (exact) mass is 164 g/mol. The largest absolute Gasteiger partial charge is 0.466 e. The van der Waals surface area contributed by atoms with Crippen molar-refractivity contribution in [2.24, 2.45) is 0 Å². The van der Waals surface area contributed by atoms with Gasteiger partial charge in [0.25, 0.3) is 0 Å². The van der Waals surface area contributed by atoms with E-state index >= 15 is 0 Å². The third kappa shape index (κ3) is 6.55. The predicted molar refractivity (Wildman–Crippen MR) is 49.6 cm³/mol. The first-order valence-corrected chi connectivity index (χ1v) is 3.51. The summed E-state index contributed by atoms with van der Waals surface area (Å²) in [4.78, 5) is 10.5. The highest BCUT2D eigenvalue weighted by atomic mass is 16.5. The molecule has 0 aliphatic rings. The number of rotatable bonds is 4. The van der Waals surface area contributed by atoms with E-state index in [0.717, 1.165) is 0 Å². The van der Waals surface area contributed by atoms with Crippen LogP contribution in [0, 0.1) is 0 Å². The van der Waals surface area contributed by atoms with Gasteiger partial charge in [0.2, 0.25) is 0 Å². The summed E-state index contributed by atoms with van der Waals surface area (Å²) in [5, 5.41) is 0. The number of methoxy groups -OCH3 is 1. The smallest absolute Gasteiger partial charge is 0.330 e. The molecule has 64 valence electrons. The first kappa shape index (κ1) is 10.4. The highest BCUT2D eigenvalue weighted by molar-refractivity contribution is 5.82. The Hall–Kier alpha value is -1.57. The van der Waals surface area contributed by atoms with Gasteiger partial charge in [-0.05, 0) is 0 Å². The molecule has 0 unspecified atom stereocenters. The summed E-state index contributed by atoms with van der Waals surface area (Å²) in [6.45, 7) is 3.51. The molecule has 0 aliphatic carbocycles. The summed E-state index contributed by atoms with van der Waals surface area (Å²) in [7, 11) is 1.34. The Kier molecular flexibility index (Phi) is 6.55. The lowest BCUT2D eigenvalue weighted by Gasteiger charge is -1.85. The SMILES string of the molecule is C=CC=C/C=C/C=C\C(=O)OC. The molecule has 0 radical (unpaired) electrons. The Labute approximate surface area is 72.5 Å². The zero-order valence-corrected chi connectivity index (χ0v) is 7.07. The summed E-state index contributed by atoms with van der Waals surface area (Å²) in [6.07, 6.45) is 11.8. The molecule has 0 spiro atoms. The summed E-state index contributed by atoms with van der Waals surface area (Å²) in [6, 6.07) is 0. The molecule has 0 heterocycles. The van der Waals surface area contributed by atoms with Gasteiger partial charge in [-0.3, -0.25) is 0 Å². The molecule has 0 saturated heterocycles. The molecule has 2 heteroatoms. The highest BCUT2D eigenvalue weighted by Gasteiger charge is 1.85. The minimum atomic E-state index is -0.354. The second kappa shape index (κ2) is 7.54. The maximum Gasteiger partial charge on any atom is 0.330 e. The van der Waals surface area contributed by atoms with Crippen LogP contribution in [0.5, 0.6) is 0 Å². The summed E-state index contributed by atoms with van der Waals surface area (Å²) < 4.78 is 4.38. The van der Waals surface area contributed by atoms with Crippen molar-refractivity contribution in [3.8, 4) is 0 Å². The molecule has 0 saturated carbocycles. The van der Waals surface area contributed by atoms with E-state index in [1.54, 1.807) is 30.4 Å². The summed E-state index contributed by atoms with van der Waals surface area (Å²) in [5.74, 6) is -0.354. The van der Waals surface area contributed by atoms with Crippen LogP contribution in [0.1, 0.15) is 0 Å². The molecule has 2 nitrogen and oxygen atoms in total. The zero-order chi connectivity index (χ0) is 9.23. The predicted octanol–water partition coefficient (Wildman–Crippen LogP) is 2.01. The van der Waals surface area contributed by atoms with Crippen LogP contribution >= 0.6 is 0 Å². The highest BCUT2D eigenvalue weighted by Crippen LogP contribution is 1.82. The lowest BCUT2D eigenvalue weighted by atomic mass is 10.4. The van der Waals surface area contributed by atoms with Gasteiger partial charge < -0.3 is 4.74 Å². The minimum absolute atomic E-state index is 0.354. The van der Waals surface area contributed by atoms with Crippen molar-refractivity contribution in [3.63, 3.8) is 0 Å². The third-order valence-corrected chi connectivity index (χ3v) is 1.01. The second-order valence-electron chi connectivity index (χ2n) is 1.89. The van der Waals surface area contributed by atoms with Crippen LogP contribution in [0.25, 0.3) is 0 Å². The van der Waals surface area contributed by atoms with Gasteiger partial charge in [-0.2, -0.15) is 0 Å². The lowest BCUT2D eigenvalue weighted by Crippen LogP contribution is -1.92. The minimum Gasteiger partial charge on any atom is -0.466 e. The van der Waals surface area contributed by atoms with Crippen molar-refractivity contribution in [2.45, 2.75) is 0 Å². The van der Waals surface area contributed by atoms with Crippen molar-refractivity contribution in [1.29, 1.82) is 0 Å². The molecule has 0 aromatic carbocycles. The van der Waals surface area contributed by atoms with E-state index in [4.69, 9.17) is 0 Å². The van der Waals surface area contributed by atoms with Gasteiger partial charge in [0.1, 0.15) is 0 Å². The van der Waals surface area contributed by atoms with Gasteiger partial charge >= 0.3 is 5.97 Å². The Bertz CT molecular complexity index is 222. The maximum absolute atomic E-state index is 10.5. The quantitative estimate of drug-likeness (QED) is 0.361. The molecular formula is C10H12O2. The fourth-order valence-corrected chi connectivity index (χ4v) is 0.473. The number of hydrogen-bond donors (Lipinski definition) is 0. The number of allylic oxidation sites excluding steroid dienone is 6. The van der Waals surface area contributed by atoms with Gasteiger partial charge in [0.15, 0.2) is 0 Å². The molecule has 0 aromatic heterocycles. The molecule has 0 fully saturated rings. The standard InChI is InChI=1S/C10H12O2/c1-3-4-5-6-7-8-9-10(11)12-2/h3-9H,1H2,2H3/b5-4?,7-6+,9-8-. The van der Waals surface area contributed by atoms with Crippen molar-refractivity contribution in [2.75, 3.05) is 7.11 Å². The van der Waals surface area contributed by atoms with Crippen molar-refractivity contribution >= 4 is 5.97 Å². The molecular weight excluding hydrogens is 152 g/mol. The van der Waals surface area contributed by atoms with Gasteiger partial charge in [-0.15, -0.1) is 0 Å². The molecule has 0 amide bonds. The molecule has 12 heavy (non-hydrogen) atoms. The Morgan fingerprint density at radius 2 is 1.75 bits per heavy atom. The van der Waals surface area contributed by atoms with Crippen molar-refractivity contribution in [1.82, 2.24) is 0 Å². The average Bonchev–Trinajstić information content (AvgIpc) is 2.10. The average molecular weight is 164 g/mol. The number of carbonyl (C=O) groups is 1. The number of ether oxygens (including phenoxy) is 1. The Morgan fingerprint density at radius 1 is 1.17 bits per heavy atom. The molecule has 0 bridgehead atoms. The number of hydrogen-bond acceptors (Lipinski definition) is 2. The zero-order valence-electron chi connectivity index (χ0n) is 7.07. The van der Waals surface area contributed by atoms with Crippen LogP contribution < -0.4 is 0 Å². The van der Waals surface area contributed by atoms with E-state index < -0.39 is 0 Å². The van der Waals surface area contributed by atoms with Gasteiger partial charge in [-0.1, -0.05) is 43.0 Å². The van der Waals surface area contributed by atoms with E-state index in [-0.39, 0.29) is 5.97 Å². The van der Waals surface area contributed by atoms with Gasteiger partial charge in [-0.25, -0.2) is 4.79 Å². The van der Waals surface area contributed by atoms with E-state index in [9.17, 15) is 4.79 Å². The fourth-order valence-electron chi connectivity index (χ4n) is 0.473. The summed E-state index contributed by atoms with van der Waals surface area (Å²) >= 11 is 0. The molecule has 0 atom stereocenters. The van der Waals surface area contributed by atoms with E-state index in [2.05, 4.69) is 11.3 Å². The van der Waals surface area contributed by atoms with E-state index in [0.29, 0.717) is 0 Å². The molecule has 0 N–H and O–H groups in total. The first-order valence-electron chi connectivity index (χ1n) is 3.51. The molecule has 0 aliphatic heterocycles. The van der Waals surface area contributed by atoms with Crippen LogP contribution in [0.15, 0.2) is 49.1 Å². The molecule has 0 aromatic rings. The van der Waals surface area contributed by atoms with Crippen molar-refractivity contribution in [3.05, 3.63) is 49.1 Å². The first-order chi connectivity index (χ1) is 5.81. The normalized spacial score (nSPS) is 11.4. The maximum atomic E-state index is 10.5. The molecule has 0 rings (SSSR count). The van der Waals surface area contributed by atoms with E-state index in [1.165, 1.54) is 13.2 Å². The van der Waals surface area contributed by atoms with Crippen LogP contribution in [0.2, 0.25) is 0 Å². The fraction of sp³-hybridized carbons (Fsp3) is 0.100. The van der Waals surface area contributed by atoms with Crippen LogP contribution in [0.4, 0.5) is 0 Å². The topological polar surface area (TPSA) is 26.3 Å². The second-order valence-corrected chi connectivity index (χ2v) is 1.89. The van der Waals surface area contributed by atoms with E-state index in [1.807, 2.05) is 6.08 Å². The number of carbonyl (C=O) groups excluding carboxylic acids is 1. The Morgan fingerprint density at radius 3 is 2.33 bits per heavy atom. The summed E-state index contributed by atoms with van der Waals surface area (Å²) in [5.41, 5.74) is 0. The Balaban J connectivity index is 3.73. The number of esters is 1. The van der Waals surface area contributed by atoms with Crippen LogP contribution in [0.3, 0.4) is 0 Å². The van der Waals surface area contributed by atoms with Gasteiger partial charge in [0, 0.05) is 6.08 Å². The van der Waals surface area contributed by atoms with Crippen LogP contribution in [-0.4, -0.2) is 13.1 Å². The third-order valence-electron chi connectivity index (χ3n) is 1.01. The van der Waals surface area contributed by atoms with Crippen molar-refractivity contribution < 1.29 is 9.53 Å². The van der Waals surface area contributed by atoms with Crippen LogP contribution in [-0.2, 0) is 9.53 Å². The van der Waals surface area contributed by atoms with Gasteiger partial charge in [0.05, 0.1) is 7.11 Å².